The summed E-state index contributed by atoms with van der Waals surface area (Å²) in [6, 6.07) is 9.90. The van der Waals surface area contributed by atoms with Crippen molar-refractivity contribution in [3.05, 3.63) is 41.7 Å². The first-order chi connectivity index (χ1) is 9.24. The summed E-state index contributed by atoms with van der Waals surface area (Å²) >= 11 is 0. The molecule has 0 saturated heterocycles. The Balaban J connectivity index is 1.61. The average Bonchev–Trinajstić information content (AvgIpc) is 2.99. The van der Waals surface area contributed by atoms with Crippen LogP contribution in [0.4, 0.5) is 0 Å². The second kappa shape index (κ2) is 4.88. The summed E-state index contributed by atoms with van der Waals surface area (Å²) in [6.07, 6.45) is 0. The maximum absolute atomic E-state index is 5.76. The quantitative estimate of drug-likeness (QED) is 0.846. The van der Waals surface area contributed by atoms with Crippen LogP contribution in [-0.2, 0) is 6.54 Å². The van der Waals surface area contributed by atoms with E-state index in [1.165, 1.54) is 11.4 Å². The molecule has 0 fully saturated rings. The van der Waals surface area contributed by atoms with Gasteiger partial charge in [0.15, 0.2) is 11.5 Å². The smallest absolute Gasteiger partial charge is 0.231 e. The van der Waals surface area contributed by atoms with Crippen molar-refractivity contribution in [1.29, 1.82) is 0 Å². The first-order valence-corrected chi connectivity index (χ1v) is 6.39. The summed E-state index contributed by atoms with van der Waals surface area (Å²) in [7, 11) is 0. The third-order valence-corrected chi connectivity index (χ3v) is 3.34. The molecule has 1 aliphatic heterocycles. The minimum atomic E-state index is 0.292. The topological polar surface area (TPSA) is 32.6 Å². The molecule has 0 bridgehead atoms. The number of aromatic nitrogens is 1. The highest BCUT2D eigenvalue weighted by atomic mass is 16.7. The predicted octanol–water partition coefficient (Wildman–Crippen LogP) is 2.91. The van der Waals surface area contributed by atoms with Crippen LogP contribution in [0.5, 0.6) is 17.2 Å². The number of hydrogen-bond acceptors (Lipinski definition) is 3. The van der Waals surface area contributed by atoms with E-state index in [0.29, 0.717) is 13.4 Å². The number of benzene rings is 1. The Morgan fingerprint density at radius 1 is 1.05 bits per heavy atom. The summed E-state index contributed by atoms with van der Waals surface area (Å²) in [5, 5.41) is 0. The molecule has 0 unspecified atom stereocenters. The summed E-state index contributed by atoms with van der Waals surface area (Å²) in [6.45, 7) is 5.98. The van der Waals surface area contributed by atoms with Gasteiger partial charge in [-0.25, -0.2) is 0 Å². The van der Waals surface area contributed by atoms with Crippen molar-refractivity contribution in [2.24, 2.45) is 0 Å². The lowest BCUT2D eigenvalue weighted by atomic mass is 10.3. The lowest BCUT2D eigenvalue weighted by molar-refractivity contribution is 0.173. The van der Waals surface area contributed by atoms with Crippen molar-refractivity contribution >= 4 is 0 Å². The van der Waals surface area contributed by atoms with E-state index >= 15 is 0 Å². The number of fused-ring (bicyclic) bond motifs is 1. The van der Waals surface area contributed by atoms with Crippen LogP contribution < -0.4 is 14.2 Å². The molecule has 0 aliphatic carbocycles. The molecule has 19 heavy (non-hydrogen) atoms. The summed E-state index contributed by atoms with van der Waals surface area (Å²) in [5.41, 5.74) is 2.51. The fourth-order valence-electron chi connectivity index (χ4n) is 2.27. The van der Waals surface area contributed by atoms with Gasteiger partial charge in [-0.2, -0.15) is 0 Å². The number of rotatable bonds is 4. The van der Waals surface area contributed by atoms with Crippen molar-refractivity contribution in [3.63, 3.8) is 0 Å². The van der Waals surface area contributed by atoms with E-state index in [2.05, 4.69) is 30.5 Å². The molecule has 1 aromatic carbocycles. The van der Waals surface area contributed by atoms with Gasteiger partial charge in [0.2, 0.25) is 6.79 Å². The zero-order valence-electron chi connectivity index (χ0n) is 11.2. The van der Waals surface area contributed by atoms with Gasteiger partial charge >= 0.3 is 0 Å². The molecule has 4 nitrogen and oxygen atoms in total. The predicted molar refractivity (Wildman–Crippen MR) is 72.0 cm³/mol. The van der Waals surface area contributed by atoms with E-state index in [0.717, 1.165) is 23.8 Å². The summed E-state index contributed by atoms with van der Waals surface area (Å²) < 4.78 is 18.6. The first-order valence-electron chi connectivity index (χ1n) is 6.39. The third-order valence-electron chi connectivity index (χ3n) is 3.34. The molecule has 1 aliphatic rings. The second-order valence-electron chi connectivity index (χ2n) is 4.63. The highest BCUT2D eigenvalue weighted by Crippen LogP contribution is 2.35. The molecule has 2 aromatic rings. The summed E-state index contributed by atoms with van der Waals surface area (Å²) in [4.78, 5) is 0. The molecule has 0 spiro atoms. The van der Waals surface area contributed by atoms with Gasteiger partial charge in [0.05, 0.1) is 6.54 Å². The van der Waals surface area contributed by atoms with E-state index < -0.39 is 0 Å². The highest BCUT2D eigenvalue weighted by Gasteiger charge is 2.13. The molecule has 2 heterocycles. The zero-order chi connectivity index (χ0) is 13.2. The number of hydrogen-bond donors (Lipinski definition) is 0. The maximum Gasteiger partial charge on any atom is 0.231 e. The van der Waals surface area contributed by atoms with Gasteiger partial charge in [0.25, 0.3) is 0 Å². The van der Waals surface area contributed by atoms with E-state index in [1.54, 1.807) is 0 Å². The van der Waals surface area contributed by atoms with E-state index in [1.807, 2.05) is 18.2 Å². The molecular formula is C15H17NO3. The SMILES string of the molecule is Cc1ccc(C)n1CCOc1ccc2c(c1)OCO2. The van der Waals surface area contributed by atoms with Crippen LogP contribution in [0, 0.1) is 13.8 Å². The first kappa shape index (κ1) is 12.0. The number of aryl methyl sites for hydroxylation is 2. The molecule has 1 aromatic heterocycles. The molecule has 0 radical (unpaired) electrons. The molecular weight excluding hydrogens is 242 g/mol. The van der Waals surface area contributed by atoms with Gasteiger partial charge in [-0.05, 0) is 38.1 Å². The van der Waals surface area contributed by atoms with Gasteiger partial charge in [-0.3, -0.25) is 0 Å². The van der Waals surface area contributed by atoms with Gasteiger partial charge < -0.3 is 18.8 Å². The van der Waals surface area contributed by atoms with Crippen molar-refractivity contribution in [1.82, 2.24) is 4.57 Å². The van der Waals surface area contributed by atoms with Crippen molar-refractivity contribution in [2.45, 2.75) is 20.4 Å². The highest BCUT2D eigenvalue weighted by molar-refractivity contribution is 5.46. The van der Waals surface area contributed by atoms with Crippen LogP contribution in [0.1, 0.15) is 11.4 Å². The van der Waals surface area contributed by atoms with Crippen LogP contribution >= 0.6 is 0 Å². The van der Waals surface area contributed by atoms with Gasteiger partial charge in [-0.15, -0.1) is 0 Å². The minimum absolute atomic E-state index is 0.292. The number of nitrogens with zero attached hydrogens (tertiary/aromatic N) is 1. The molecule has 0 amide bonds. The average molecular weight is 259 g/mol. The van der Waals surface area contributed by atoms with E-state index in [-0.39, 0.29) is 0 Å². The lowest BCUT2D eigenvalue weighted by Gasteiger charge is -2.11. The van der Waals surface area contributed by atoms with Crippen molar-refractivity contribution in [2.75, 3.05) is 13.4 Å². The maximum atomic E-state index is 5.76. The third kappa shape index (κ3) is 2.38. The van der Waals surface area contributed by atoms with Crippen molar-refractivity contribution in [3.8, 4) is 17.2 Å². The van der Waals surface area contributed by atoms with Crippen LogP contribution in [0.15, 0.2) is 30.3 Å². The van der Waals surface area contributed by atoms with E-state index in [4.69, 9.17) is 14.2 Å². The Kier molecular flexibility index (Phi) is 3.07. The molecule has 0 saturated carbocycles. The standard InChI is InChI=1S/C15H17NO3/c1-11-3-4-12(2)16(11)7-8-17-13-5-6-14-15(9-13)19-10-18-14/h3-6,9H,7-8,10H2,1-2H3. The van der Waals surface area contributed by atoms with Crippen LogP contribution in [-0.4, -0.2) is 18.0 Å². The fourth-order valence-corrected chi connectivity index (χ4v) is 2.27. The zero-order valence-corrected chi connectivity index (χ0v) is 11.2. The Hall–Kier alpha value is -2.10. The Morgan fingerprint density at radius 3 is 2.58 bits per heavy atom. The van der Waals surface area contributed by atoms with E-state index in [9.17, 15) is 0 Å². The molecule has 0 atom stereocenters. The lowest BCUT2D eigenvalue weighted by Crippen LogP contribution is -2.10. The monoisotopic (exact) mass is 259 g/mol. The van der Waals surface area contributed by atoms with Crippen molar-refractivity contribution < 1.29 is 14.2 Å². The fraction of sp³-hybridized carbons (Fsp3) is 0.333. The largest absolute Gasteiger partial charge is 0.492 e. The van der Waals surface area contributed by atoms with Gasteiger partial charge in [0, 0.05) is 17.5 Å². The minimum Gasteiger partial charge on any atom is -0.492 e. The molecule has 0 N–H and O–H groups in total. The Morgan fingerprint density at radius 2 is 1.79 bits per heavy atom. The normalized spacial score (nSPS) is 12.7. The van der Waals surface area contributed by atoms with Gasteiger partial charge in [-0.1, -0.05) is 0 Å². The van der Waals surface area contributed by atoms with Gasteiger partial charge in [0.1, 0.15) is 12.4 Å². The molecule has 4 heteroatoms. The number of ether oxygens (including phenoxy) is 3. The Bertz CT molecular complexity index is 570. The molecule has 3 rings (SSSR count). The van der Waals surface area contributed by atoms with Crippen LogP contribution in [0.2, 0.25) is 0 Å². The van der Waals surface area contributed by atoms with Crippen LogP contribution in [0.3, 0.4) is 0 Å². The second-order valence-corrected chi connectivity index (χ2v) is 4.63. The summed E-state index contributed by atoms with van der Waals surface area (Å²) in [5.74, 6) is 2.35. The Labute approximate surface area is 112 Å². The molecule has 100 valence electrons. The van der Waals surface area contributed by atoms with Crippen LogP contribution in [0.25, 0.3) is 0 Å².